The number of unbranched alkanes of at least 4 members (excludes halogenated alkanes) is 28. The van der Waals surface area contributed by atoms with Gasteiger partial charge in [0.25, 0.3) is 0 Å². The van der Waals surface area contributed by atoms with E-state index < -0.39 is 6.10 Å². The van der Waals surface area contributed by atoms with Gasteiger partial charge in [0.15, 0.2) is 6.10 Å². The Hall–Kier alpha value is -3.15. The van der Waals surface area contributed by atoms with Crippen molar-refractivity contribution >= 4 is 17.9 Å². The summed E-state index contributed by atoms with van der Waals surface area (Å²) in [5.41, 5.74) is 0. The zero-order valence-corrected chi connectivity index (χ0v) is 44.2. The number of esters is 3. The molecule has 0 aromatic rings. The lowest BCUT2D eigenvalue weighted by molar-refractivity contribution is -0.167. The number of allylic oxidation sites excluding steroid dienone is 12. The van der Waals surface area contributed by atoms with Gasteiger partial charge in [0, 0.05) is 19.3 Å². The molecule has 0 fully saturated rings. The molecular formula is C61H106O6. The molecule has 6 nitrogen and oxygen atoms in total. The largest absolute Gasteiger partial charge is 0.462 e. The van der Waals surface area contributed by atoms with Crippen LogP contribution in [-0.2, 0) is 28.6 Å². The van der Waals surface area contributed by atoms with Gasteiger partial charge >= 0.3 is 17.9 Å². The molecule has 0 aromatic heterocycles. The second-order valence-electron chi connectivity index (χ2n) is 18.8. The Morgan fingerprint density at radius 3 is 0.940 bits per heavy atom. The molecule has 0 bridgehead atoms. The maximum absolute atomic E-state index is 12.8. The first-order valence-corrected chi connectivity index (χ1v) is 28.4. The Bertz CT molecular complexity index is 1260. The van der Waals surface area contributed by atoms with E-state index in [-0.39, 0.29) is 31.1 Å². The lowest BCUT2D eigenvalue weighted by Crippen LogP contribution is -2.30. The van der Waals surface area contributed by atoms with Crippen molar-refractivity contribution in [3.63, 3.8) is 0 Å². The Labute approximate surface area is 414 Å². The van der Waals surface area contributed by atoms with Crippen molar-refractivity contribution in [1.82, 2.24) is 0 Å². The molecule has 0 unspecified atom stereocenters. The monoisotopic (exact) mass is 935 g/mol. The van der Waals surface area contributed by atoms with E-state index >= 15 is 0 Å². The van der Waals surface area contributed by atoms with Crippen LogP contribution < -0.4 is 0 Å². The molecule has 0 aliphatic heterocycles. The van der Waals surface area contributed by atoms with Crippen LogP contribution in [0.5, 0.6) is 0 Å². The Morgan fingerprint density at radius 1 is 0.313 bits per heavy atom. The second-order valence-corrected chi connectivity index (χ2v) is 18.8. The molecule has 1 atom stereocenters. The minimum Gasteiger partial charge on any atom is -0.462 e. The van der Waals surface area contributed by atoms with E-state index in [2.05, 4.69) is 93.7 Å². The van der Waals surface area contributed by atoms with Crippen molar-refractivity contribution < 1.29 is 28.6 Å². The smallest absolute Gasteiger partial charge is 0.306 e. The molecule has 0 amide bonds. The molecule has 6 heteroatoms. The molecule has 0 rings (SSSR count). The van der Waals surface area contributed by atoms with Crippen molar-refractivity contribution in [1.29, 1.82) is 0 Å². The third kappa shape index (κ3) is 53.7. The molecule has 0 aliphatic rings. The predicted molar refractivity (Wildman–Crippen MR) is 288 cm³/mol. The van der Waals surface area contributed by atoms with Crippen LogP contribution in [-0.4, -0.2) is 37.2 Å². The van der Waals surface area contributed by atoms with E-state index in [1.807, 2.05) is 0 Å². The predicted octanol–water partition coefficient (Wildman–Crippen LogP) is 19.0. The molecule has 0 saturated carbocycles. The third-order valence-corrected chi connectivity index (χ3v) is 12.2. The first-order valence-electron chi connectivity index (χ1n) is 28.4. The average molecular weight is 936 g/mol. The van der Waals surface area contributed by atoms with E-state index in [4.69, 9.17) is 14.2 Å². The van der Waals surface area contributed by atoms with Crippen molar-refractivity contribution in [2.75, 3.05) is 13.2 Å². The minimum absolute atomic E-state index is 0.0847. The molecule has 0 spiro atoms. The lowest BCUT2D eigenvalue weighted by Gasteiger charge is -2.18. The van der Waals surface area contributed by atoms with Crippen LogP contribution >= 0.6 is 0 Å². The highest BCUT2D eigenvalue weighted by Gasteiger charge is 2.19. The summed E-state index contributed by atoms with van der Waals surface area (Å²) in [7, 11) is 0. The van der Waals surface area contributed by atoms with Crippen molar-refractivity contribution in [2.24, 2.45) is 0 Å². The summed E-state index contributed by atoms with van der Waals surface area (Å²) in [4.78, 5) is 38.1. The molecule has 0 aromatic carbocycles. The molecular weight excluding hydrogens is 829 g/mol. The normalized spacial score (nSPS) is 12.6. The van der Waals surface area contributed by atoms with Gasteiger partial charge < -0.3 is 14.2 Å². The number of hydrogen-bond acceptors (Lipinski definition) is 6. The van der Waals surface area contributed by atoms with Gasteiger partial charge in [-0.15, -0.1) is 0 Å². The Balaban J connectivity index is 4.39. The zero-order valence-electron chi connectivity index (χ0n) is 44.2. The summed E-state index contributed by atoms with van der Waals surface area (Å²) < 4.78 is 16.8. The van der Waals surface area contributed by atoms with Crippen LogP contribution in [0.4, 0.5) is 0 Å². The van der Waals surface area contributed by atoms with Crippen LogP contribution in [0.2, 0.25) is 0 Å². The lowest BCUT2D eigenvalue weighted by atomic mass is 10.1. The van der Waals surface area contributed by atoms with Gasteiger partial charge in [-0.2, -0.15) is 0 Å². The van der Waals surface area contributed by atoms with Gasteiger partial charge in [0.1, 0.15) is 13.2 Å². The van der Waals surface area contributed by atoms with Gasteiger partial charge in [-0.3, -0.25) is 14.4 Å². The van der Waals surface area contributed by atoms with E-state index in [9.17, 15) is 14.4 Å². The van der Waals surface area contributed by atoms with Crippen molar-refractivity contribution in [3.8, 4) is 0 Å². The summed E-state index contributed by atoms with van der Waals surface area (Å²) in [6.07, 6.45) is 70.3. The highest BCUT2D eigenvalue weighted by Crippen LogP contribution is 2.15. The summed E-state index contributed by atoms with van der Waals surface area (Å²) in [6.45, 7) is 6.50. The fourth-order valence-electron chi connectivity index (χ4n) is 7.93. The van der Waals surface area contributed by atoms with Crippen molar-refractivity contribution in [3.05, 3.63) is 72.9 Å². The molecule has 0 heterocycles. The Kier molecular flexibility index (Phi) is 52.8. The molecule has 0 N–H and O–H groups in total. The van der Waals surface area contributed by atoms with Crippen LogP contribution in [0.25, 0.3) is 0 Å². The number of rotatable bonds is 51. The van der Waals surface area contributed by atoms with Crippen LogP contribution in [0.1, 0.15) is 278 Å². The average Bonchev–Trinajstić information content (AvgIpc) is 3.33. The number of carbonyl (C=O) groups excluding carboxylic acids is 3. The third-order valence-electron chi connectivity index (χ3n) is 12.2. The molecule has 0 saturated heterocycles. The summed E-state index contributed by atoms with van der Waals surface area (Å²) in [5, 5.41) is 0. The zero-order chi connectivity index (χ0) is 48.6. The summed E-state index contributed by atoms with van der Waals surface area (Å²) in [5.74, 6) is -0.913. The maximum Gasteiger partial charge on any atom is 0.306 e. The van der Waals surface area contributed by atoms with Crippen LogP contribution in [0.3, 0.4) is 0 Å². The number of ether oxygens (including phenoxy) is 3. The molecule has 386 valence electrons. The standard InChI is InChI=1S/C61H106O6/c1-4-7-10-13-16-19-22-24-26-28-30-32-34-36-39-42-45-48-51-54-60(63)66-57-58(56-65-59(62)53-50-47-44-41-38-21-18-15-12-9-6-3)67-61(64)55-52-49-46-43-40-37-35-33-31-29-27-25-23-20-17-14-11-8-5-2/h7,10,16,19,24-27,30,32,36,39,58H,4-6,8-9,11-15,17-18,20-23,28-29,31,33-35,37-38,40-57H2,1-3H3/b10-7-,19-16-,26-24-,27-25-,32-30-,39-36-/t58-/m0/s1. The SMILES string of the molecule is CC/C=C\C/C=C\C/C=C\C/C=C\C/C=C\CCCCCC(=O)OC[C@H](COC(=O)CCCCCCCCCCCCC)OC(=O)CCCCCCCCCCC/C=C\CCCCCCCC. The number of hydrogen-bond donors (Lipinski definition) is 0. The summed E-state index contributed by atoms with van der Waals surface area (Å²) in [6, 6.07) is 0. The molecule has 0 radical (unpaired) electrons. The van der Waals surface area contributed by atoms with E-state index in [0.717, 1.165) is 96.3 Å². The first kappa shape index (κ1) is 63.8. The fraction of sp³-hybridized carbons (Fsp3) is 0.754. The summed E-state index contributed by atoms with van der Waals surface area (Å²) >= 11 is 0. The fourth-order valence-corrected chi connectivity index (χ4v) is 7.93. The number of carbonyl (C=O) groups is 3. The van der Waals surface area contributed by atoms with Gasteiger partial charge in [-0.25, -0.2) is 0 Å². The minimum atomic E-state index is -0.788. The van der Waals surface area contributed by atoms with Crippen molar-refractivity contribution in [2.45, 2.75) is 284 Å². The molecule has 0 aliphatic carbocycles. The quantitative estimate of drug-likeness (QED) is 0.0262. The second kappa shape index (κ2) is 55.4. The van der Waals surface area contributed by atoms with Gasteiger partial charge in [0.05, 0.1) is 0 Å². The van der Waals surface area contributed by atoms with Crippen LogP contribution in [0.15, 0.2) is 72.9 Å². The van der Waals surface area contributed by atoms with E-state index in [1.165, 1.54) is 141 Å². The maximum atomic E-state index is 12.8. The molecule has 67 heavy (non-hydrogen) atoms. The van der Waals surface area contributed by atoms with Crippen LogP contribution in [0, 0.1) is 0 Å². The van der Waals surface area contributed by atoms with Gasteiger partial charge in [0.2, 0.25) is 0 Å². The highest BCUT2D eigenvalue weighted by atomic mass is 16.6. The van der Waals surface area contributed by atoms with Gasteiger partial charge in [-0.05, 0) is 89.9 Å². The first-order chi connectivity index (χ1) is 33.0. The highest BCUT2D eigenvalue weighted by molar-refractivity contribution is 5.71. The topological polar surface area (TPSA) is 78.9 Å². The Morgan fingerprint density at radius 2 is 0.582 bits per heavy atom. The van der Waals surface area contributed by atoms with E-state index in [1.54, 1.807) is 0 Å². The van der Waals surface area contributed by atoms with E-state index in [0.29, 0.717) is 19.3 Å². The van der Waals surface area contributed by atoms with Gasteiger partial charge in [-0.1, -0.05) is 241 Å².